The summed E-state index contributed by atoms with van der Waals surface area (Å²) in [5.74, 6) is -0.369. The Labute approximate surface area is 212 Å². The molecule has 0 saturated carbocycles. The Kier molecular flexibility index (Phi) is 9.01. The van der Waals surface area contributed by atoms with Crippen molar-refractivity contribution in [1.29, 1.82) is 0 Å². The molecule has 1 unspecified atom stereocenters. The number of alkyl halides is 3. The van der Waals surface area contributed by atoms with E-state index in [2.05, 4.69) is 5.32 Å². The first-order chi connectivity index (χ1) is 17.1. The zero-order valence-corrected chi connectivity index (χ0v) is 20.4. The van der Waals surface area contributed by atoms with Crippen LogP contribution in [-0.4, -0.2) is 31.3 Å². The average Bonchev–Trinajstić information content (AvgIpc) is 2.85. The van der Waals surface area contributed by atoms with E-state index in [-0.39, 0.29) is 29.0 Å². The first kappa shape index (κ1) is 27.1. The highest BCUT2D eigenvalue weighted by Crippen LogP contribution is 2.36. The van der Waals surface area contributed by atoms with Gasteiger partial charge < -0.3 is 19.9 Å². The van der Waals surface area contributed by atoms with Crippen LogP contribution >= 0.6 is 11.6 Å². The van der Waals surface area contributed by atoms with Crippen molar-refractivity contribution in [2.45, 2.75) is 19.1 Å². The molecule has 0 aromatic heterocycles. The number of rotatable bonds is 10. The van der Waals surface area contributed by atoms with Crippen LogP contribution in [0.15, 0.2) is 66.7 Å². The van der Waals surface area contributed by atoms with Crippen molar-refractivity contribution in [2.24, 2.45) is 0 Å². The maximum Gasteiger partial charge on any atom is 0.416 e. The molecule has 0 heterocycles. The number of carboxylic acids is 1. The third-order valence-corrected chi connectivity index (χ3v) is 5.73. The molecular formula is C27H25ClF3NO4. The van der Waals surface area contributed by atoms with Crippen molar-refractivity contribution >= 4 is 23.6 Å². The molecule has 2 N–H and O–H groups in total. The van der Waals surface area contributed by atoms with E-state index in [0.29, 0.717) is 17.7 Å². The lowest BCUT2D eigenvalue weighted by Crippen LogP contribution is -2.24. The molecule has 0 aliphatic heterocycles. The van der Waals surface area contributed by atoms with Crippen LogP contribution in [0.25, 0.3) is 17.2 Å². The smallest absolute Gasteiger partial charge is 0.416 e. The summed E-state index contributed by atoms with van der Waals surface area (Å²) in [6, 6.07) is 15.6. The van der Waals surface area contributed by atoms with E-state index in [1.807, 2.05) is 31.2 Å². The van der Waals surface area contributed by atoms with Crippen molar-refractivity contribution in [3.63, 3.8) is 0 Å². The molecular weight excluding hydrogens is 495 g/mol. The summed E-state index contributed by atoms with van der Waals surface area (Å²) < 4.78 is 51.6. The van der Waals surface area contributed by atoms with Crippen LogP contribution in [0.4, 0.5) is 13.2 Å². The first-order valence-electron chi connectivity index (χ1n) is 11.0. The van der Waals surface area contributed by atoms with E-state index >= 15 is 0 Å². The summed E-state index contributed by atoms with van der Waals surface area (Å²) in [6.07, 6.45) is -2.38. The molecule has 0 spiro atoms. The summed E-state index contributed by atoms with van der Waals surface area (Å²) in [7, 11) is 1.59. The van der Waals surface area contributed by atoms with E-state index in [1.165, 1.54) is 24.3 Å². The van der Waals surface area contributed by atoms with Gasteiger partial charge in [-0.1, -0.05) is 29.8 Å². The summed E-state index contributed by atoms with van der Waals surface area (Å²) in [6.45, 7) is 2.51. The van der Waals surface area contributed by atoms with Gasteiger partial charge in [-0.15, -0.1) is 0 Å². The van der Waals surface area contributed by atoms with Crippen LogP contribution in [0.3, 0.4) is 0 Å². The van der Waals surface area contributed by atoms with Gasteiger partial charge in [0.25, 0.3) is 0 Å². The number of carbonyl (C=O) groups is 1. The molecule has 3 aromatic rings. The molecule has 0 aliphatic carbocycles. The van der Waals surface area contributed by atoms with Gasteiger partial charge >= 0.3 is 12.1 Å². The number of ether oxygens (including phenoxy) is 2. The lowest BCUT2D eigenvalue weighted by atomic mass is 10.00. The van der Waals surface area contributed by atoms with Crippen molar-refractivity contribution < 1.29 is 32.5 Å². The summed E-state index contributed by atoms with van der Waals surface area (Å²) in [4.78, 5) is 10.8. The molecule has 36 heavy (non-hydrogen) atoms. The predicted molar refractivity (Wildman–Crippen MR) is 133 cm³/mol. The van der Waals surface area contributed by atoms with E-state index < -0.39 is 17.7 Å². The number of benzene rings is 3. The fourth-order valence-electron chi connectivity index (χ4n) is 3.50. The molecule has 0 aliphatic rings. The minimum Gasteiger partial charge on any atom is -0.497 e. The van der Waals surface area contributed by atoms with Gasteiger partial charge in [-0.05, 0) is 77.7 Å². The third-order valence-electron chi connectivity index (χ3n) is 5.38. The first-order valence-corrected chi connectivity index (χ1v) is 11.4. The minimum absolute atomic E-state index is 0.0212. The van der Waals surface area contributed by atoms with Gasteiger partial charge in [-0.25, -0.2) is 4.79 Å². The van der Waals surface area contributed by atoms with Gasteiger partial charge in [0.15, 0.2) is 0 Å². The second kappa shape index (κ2) is 12.0. The van der Waals surface area contributed by atoms with Crippen LogP contribution in [0.1, 0.15) is 29.7 Å². The van der Waals surface area contributed by atoms with E-state index in [0.717, 1.165) is 29.5 Å². The Hall–Kier alpha value is -3.49. The number of aliphatic carboxylic acids is 1. The Morgan fingerprint density at radius 2 is 1.86 bits per heavy atom. The number of methoxy groups -OCH3 is 1. The summed E-state index contributed by atoms with van der Waals surface area (Å²) in [5.41, 5.74) is 1.22. The lowest BCUT2D eigenvalue weighted by molar-refractivity contribution is -0.137. The van der Waals surface area contributed by atoms with Crippen LogP contribution in [-0.2, 0) is 11.0 Å². The van der Waals surface area contributed by atoms with E-state index in [4.69, 9.17) is 26.2 Å². The zero-order chi connectivity index (χ0) is 26.3. The monoisotopic (exact) mass is 519 g/mol. The SMILES string of the molecule is COc1cccc(C(C)NCCOc2cc(-c3ccc(Cl)c(C=CC(=O)O)c3)cc(C(F)(F)F)c2)c1. The number of carboxylic acid groups (broad SMARTS) is 1. The van der Waals surface area contributed by atoms with Crippen molar-refractivity contribution in [3.8, 4) is 22.6 Å². The highest BCUT2D eigenvalue weighted by molar-refractivity contribution is 6.32. The quantitative estimate of drug-likeness (QED) is 0.226. The van der Waals surface area contributed by atoms with Gasteiger partial charge in [0, 0.05) is 23.7 Å². The highest BCUT2D eigenvalue weighted by Gasteiger charge is 2.31. The molecule has 0 radical (unpaired) electrons. The average molecular weight is 520 g/mol. The van der Waals surface area contributed by atoms with Crippen LogP contribution in [0.2, 0.25) is 5.02 Å². The van der Waals surface area contributed by atoms with Gasteiger partial charge in [-0.2, -0.15) is 13.2 Å². The van der Waals surface area contributed by atoms with Crippen molar-refractivity contribution in [2.75, 3.05) is 20.3 Å². The highest BCUT2D eigenvalue weighted by atomic mass is 35.5. The fourth-order valence-corrected chi connectivity index (χ4v) is 3.68. The Bertz CT molecular complexity index is 1240. The maximum atomic E-state index is 13.6. The molecule has 0 amide bonds. The van der Waals surface area contributed by atoms with Crippen molar-refractivity contribution in [3.05, 3.63) is 88.5 Å². The van der Waals surface area contributed by atoms with Gasteiger partial charge in [0.2, 0.25) is 0 Å². The van der Waals surface area contributed by atoms with Gasteiger partial charge in [-0.3, -0.25) is 0 Å². The Morgan fingerprint density at radius 3 is 2.56 bits per heavy atom. The molecule has 5 nitrogen and oxygen atoms in total. The standard InChI is InChI=1S/C27H25ClF3NO4/c1-17(18-4-3-5-23(14-18)35-2)32-10-11-36-24-15-21(13-22(16-24)27(29,30)31)19-6-8-25(28)20(12-19)7-9-26(33)34/h3-9,12-17,32H,10-11H2,1-2H3,(H,33,34). The number of hydrogen-bond acceptors (Lipinski definition) is 4. The second-order valence-corrected chi connectivity index (χ2v) is 8.36. The number of nitrogens with one attached hydrogen (secondary N) is 1. The largest absolute Gasteiger partial charge is 0.497 e. The summed E-state index contributed by atoms with van der Waals surface area (Å²) >= 11 is 6.11. The molecule has 9 heteroatoms. The zero-order valence-electron chi connectivity index (χ0n) is 19.6. The molecule has 3 aromatic carbocycles. The topological polar surface area (TPSA) is 67.8 Å². The maximum absolute atomic E-state index is 13.6. The van der Waals surface area contributed by atoms with E-state index in [1.54, 1.807) is 13.2 Å². The fraction of sp³-hybridized carbons (Fsp3) is 0.222. The Balaban J connectivity index is 1.77. The van der Waals surface area contributed by atoms with E-state index in [9.17, 15) is 18.0 Å². The van der Waals surface area contributed by atoms with Crippen LogP contribution in [0.5, 0.6) is 11.5 Å². The Morgan fingerprint density at radius 1 is 1.08 bits per heavy atom. The van der Waals surface area contributed by atoms with Crippen molar-refractivity contribution in [1.82, 2.24) is 5.32 Å². The molecule has 0 bridgehead atoms. The minimum atomic E-state index is -4.58. The molecule has 190 valence electrons. The number of hydrogen-bond donors (Lipinski definition) is 2. The lowest BCUT2D eigenvalue weighted by Gasteiger charge is -2.17. The summed E-state index contributed by atoms with van der Waals surface area (Å²) in [5, 5.41) is 12.4. The third kappa shape index (κ3) is 7.50. The number of halogens is 4. The predicted octanol–water partition coefficient (Wildman–Crippen LogP) is 6.86. The van der Waals surface area contributed by atoms with Gasteiger partial charge in [0.1, 0.15) is 18.1 Å². The van der Waals surface area contributed by atoms with Gasteiger partial charge in [0.05, 0.1) is 12.7 Å². The van der Waals surface area contributed by atoms with Crippen LogP contribution in [0, 0.1) is 0 Å². The molecule has 3 rings (SSSR count). The molecule has 1 atom stereocenters. The molecule has 0 saturated heterocycles. The normalized spacial score (nSPS) is 12.5. The molecule has 0 fully saturated rings. The second-order valence-electron chi connectivity index (χ2n) is 7.95. The van der Waals surface area contributed by atoms with Crippen LogP contribution < -0.4 is 14.8 Å².